The average molecular weight is 284 g/mol. The number of carboxylic acids is 1. The lowest BCUT2D eigenvalue weighted by atomic mass is 10.00. The van der Waals surface area contributed by atoms with E-state index in [9.17, 15) is 9.59 Å². The van der Waals surface area contributed by atoms with Gasteiger partial charge in [0.15, 0.2) is 0 Å². The molecule has 0 spiro atoms. The van der Waals surface area contributed by atoms with Gasteiger partial charge in [-0.15, -0.1) is 0 Å². The molecule has 116 valence electrons. The van der Waals surface area contributed by atoms with Crippen LogP contribution in [0, 0.1) is 0 Å². The number of nitrogens with zero attached hydrogens (tertiary/aromatic N) is 2. The number of hydrogen-bond acceptors (Lipinski definition) is 3. The third-order valence-corrected chi connectivity index (χ3v) is 4.31. The van der Waals surface area contributed by atoms with Crippen molar-refractivity contribution in [1.82, 2.24) is 9.80 Å². The van der Waals surface area contributed by atoms with Crippen molar-refractivity contribution in [2.75, 3.05) is 19.6 Å². The molecule has 1 fully saturated rings. The standard InChI is InChI=1S/C15H28N2O3/c1-4-12(3)16(11-15(19)20)10-14(18)17-9-7-6-8-13(17)5-2/h12-13H,4-11H2,1-3H3,(H,19,20). The number of rotatable bonds is 7. The molecule has 1 amide bonds. The quantitative estimate of drug-likeness (QED) is 0.776. The SMILES string of the molecule is CCC(C)N(CC(=O)O)CC(=O)N1CCCCC1CC. The number of aliphatic carboxylic acids is 1. The van der Waals surface area contributed by atoms with Crippen LogP contribution >= 0.6 is 0 Å². The fourth-order valence-corrected chi connectivity index (χ4v) is 2.82. The van der Waals surface area contributed by atoms with E-state index >= 15 is 0 Å². The normalized spacial score (nSPS) is 21.0. The molecule has 0 aliphatic carbocycles. The van der Waals surface area contributed by atoms with Gasteiger partial charge in [0, 0.05) is 18.6 Å². The largest absolute Gasteiger partial charge is 0.480 e. The molecule has 1 rings (SSSR count). The highest BCUT2D eigenvalue weighted by atomic mass is 16.4. The van der Waals surface area contributed by atoms with Crippen LogP contribution in [-0.4, -0.2) is 58.5 Å². The molecule has 0 bridgehead atoms. The third-order valence-electron chi connectivity index (χ3n) is 4.31. The summed E-state index contributed by atoms with van der Waals surface area (Å²) >= 11 is 0. The average Bonchev–Trinajstić information content (AvgIpc) is 2.45. The molecule has 1 heterocycles. The molecule has 2 unspecified atom stereocenters. The van der Waals surface area contributed by atoms with Gasteiger partial charge in [-0.05, 0) is 39.0 Å². The van der Waals surface area contributed by atoms with Crippen molar-refractivity contribution in [1.29, 1.82) is 0 Å². The monoisotopic (exact) mass is 284 g/mol. The van der Waals surface area contributed by atoms with Gasteiger partial charge in [0.1, 0.15) is 0 Å². The van der Waals surface area contributed by atoms with Crippen LogP contribution < -0.4 is 0 Å². The predicted octanol–water partition coefficient (Wildman–Crippen LogP) is 1.96. The maximum Gasteiger partial charge on any atom is 0.317 e. The molecule has 0 radical (unpaired) electrons. The minimum Gasteiger partial charge on any atom is -0.480 e. The van der Waals surface area contributed by atoms with E-state index in [1.807, 2.05) is 18.7 Å². The van der Waals surface area contributed by atoms with E-state index in [0.29, 0.717) is 6.04 Å². The third kappa shape index (κ3) is 4.78. The van der Waals surface area contributed by atoms with E-state index in [-0.39, 0.29) is 25.0 Å². The van der Waals surface area contributed by atoms with Crippen molar-refractivity contribution in [2.24, 2.45) is 0 Å². The van der Waals surface area contributed by atoms with Crippen molar-refractivity contribution >= 4 is 11.9 Å². The van der Waals surface area contributed by atoms with Crippen LogP contribution in [0.5, 0.6) is 0 Å². The summed E-state index contributed by atoms with van der Waals surface area (Å²) in [6, 6.07) is 0.444. The smallest absolute Gasteiger partial charge is 0.317 e. The van der Waals surface area contributed by atoms with Crippen molar-refractivity contribution in [3.8, 4) is 0 Å². The highest BCUT2D eigenvalue weighted by Gasteiger charge is 2.28. The zero-order valence-corrected chi connectivity index (χ0v) is 13.0. The maximum atomic E-state index is 12.5. The molecule has 0 aromatic heterocycles. The first-order chi connectivity index (χ1) is 9.49. The zero-order valence-electron chi connectivity index (χ0n) is 13.0. The number of piperidine rings is 1. The van der Waals surface area contributed by atoms with E-state index in [1.54, 1.807) is 4.90 Å². The molecule has 5 heteroatoms. The van der Waals surface area contributed by atoms with Crippen LogP contribution in [0.4, 0.5) is 0 Å². The Balaban J connectivity index is 2.66. The molecule has 1 N–H and O–H groups in total. The predicted molar refractivity (Wildman–Crippen MR) is 78.6 cm³/mol. The Labute approximate surface area is 121 Å². The minimum atomic E-state index is -0.871. The molecule has 0 aromatic rings. The fourth-order valence-electron chi connectivity index (χ4n) is 2.82. The summed E-state index contributed by atoms with van der Waals surface area (Å²) in [5, 5.41) is 8.98. The van der Waals surface area contributed by atoms with Crippen LogP contribution in [0.2, 0.25) is 0 Å². The molecule has 5 nitrogen and oxygen atoms in total. The Hall–Kier alpha value is -1.10. The van der Waals surface area contributed by atoms with Crippen molar-refractivity contribution in [2.45, 2.75) is 65.0 Å². The van der Waals surface area contributed by atoms with E-state index in [1.165, 1.54) is 6.42 Å². The molecule has 20 heavy (non-hydrogen) atoms. The Morgan fingerprint density at radius 1 is 1.30 bits per heavy atom. The van der Waals surface area contributed by atoms with E-state index in [2.05, 4.69) is 6.92 Å². The first kappa shape index (κ1) is 17.0. The summed E-state index contributed by atoms with van der Waals surface area (Å²) in [6.07, 6.45) is 5.15. The lowest BCUT2D eigenvalue weighted by molar-refractivity contribution is -0.141. The van der Waals surface area contributed by atoms with Gasteiger partial charge in [-0.25, -0.2) is 0 Å². The minimum absolute atomic E-state index is 0.0641. The van der Waals surface area contributed by atoms with Crippen LogP contribution in [0.15, 0.2) is 0 Å². The molecule has 0 aromatic carbocycles. The Morgan fingerprint density at radius 2 is 2.00 bits per heavy atom. The van der Waals surface area contributed by atoms with E-state index in [4.69, 9.17) is 5.11 Å². The molecule has 1 saturated heterocycles. The lowest BCUT2D eigenvalue weighted by Crippen LogP contribution is -2.50. The number of carbonyl (C=O) groups excluding carboxylic acids is 1. The summed E-state index contributed by atoms with van der Waals surface area (Å²) in [5.41, 5.74) is 0. The second kappa shape index (κ2) is 8.25. The lowest BCUT2D eigenvalue weighted by Gasteiger charge is -2.37. The van der Waals surface area contributed by atoms with Crippen molar-refractivity contribution < 1.29 is 14.7 Å². The maximum absolute atomic E-state index is 12.5. The Kier molecular flexibility index (Phi) is 6.99. The van der Waals surface area contributed by atoms with Gasteiger partial charge in [-0.1, -0.05) is 13.8 Å². The van der Waals surface area contributed by atoms with Crippen molar-refractivity contribution in [3.05, 3.63) is 0 Å². The Morgan fingerprint density at radius 3 is 2.55 bits per heavy atom. The summed E-state index contributed by atoms with van der Waals surface area (Å²) < 4.78 is 0. The molecular formula is C15H28N2O3. The van der Waals surface area contributed by atoms with E-state index < -0.39 is 5.97 Å². The van der Waals surface area contributed by atoms with Crippen molar-refractivity contribution in [3.63, 3.8) is 0 Å². The second-order valence-electron chi connectivity index (χ2n) is 5.70. The first-order valence-electron chi connectivity index (χ1n) is 7.74. The summed E-state index contributed by atoms with van der Waals surface area (Å²) in [6.45, 7) is 7.07. The van der Waals surface area contributed by atoms with Gasteiger partial charge in [0.05, 0.1) is 13.1 Å². The highest BCUT2D eigenvalue weighted by molar-refractivity contribution is 5.79. The van der Waals surface area contributed by atoms with Crippen LogP contribution in [0.25, 0.3) is 0 Å². The first-order valence-corrected chi connectivity index (χ1v) is 7.74. The van der Waals surface area contributed by atoms with Crippen LogP contribution in [0.1, 0.15) is 52.9 Å². The Bertz CT molecular complexity index is 333. The molecule has 0 saturated carbocycles. The van der Waals surface area contributed by atoms with Gasteiger partial charge in [-0.3, -0.25) is 14.5 Å². The van der Waals surface area contributed by atoms with Gasteiger partial charge < -0.3 is 10.0 Å². The molecule has 1 aliphatic rings. The molecule has 1 aliphatic heterocycles. The van der Waals surface area contributed by atoms with Gasteiger partial charge in [-0.2, -0.15) is 0 Å². The number of hydrogen-bond donors (Lipinski definition) is 1. The summed E-state index contributed by atoms with van der Waals surface area (Å²) in [5.74, 6) is -0.790. The number of carbonyl (C=O) groups is 2. The topological polar surface area (TPSA) is 60.9 Å². The summed E-state index contributed by atoms with van der Waals surface area (Å²) in [4.78, 5) is 27.1. The van der Waals surface area contributed by atoms with Gasteiger partial charge in [0.25, 0.3) is 0 Å². The number of likely N-dealkylation sites (tertiary alicyclic amines) is 1. The van der Waals surface area contributed by atoms with Crippen LogP contribution in [-0.2, 0) is 9.59 Å². The van der Waals surface area contributed by atoms with Crippen LogP contribution in [0.3, 0.4) is 0 Å². The highest BCUT2D eigenvalue weighted by Crippen LogP contribution is 2.20. The molecular weight excluding hydrogens is 256 g/mol. The number of amides is 1. The fraction of sp³-hybridized carbons (Fsp3) is 0.867. The summed E-state index contributed by atoms with van der Waals surface area (Å²) in [7, 11) is 0. The molecule has 2 atom stereocenters. The zero-order chi connectivity index (χ0) is 15.1. The van der Waals surface area contributed by atoms with Gasteiger partial charge >= 0.3 is 5.97 Å². The van der Waals surface area contributed by atoms with E-state index in [0.717, 1.165) is 32.2 Å². The second-order valence-corrected chi connectivity index (χ2v) is 5.70. The number of carboxylic acid groups (broad SMARTS) is 1. The van der Waals surface area contributed by atoms with Gasteiger partial charge in [0.2, 0.25) is 5.91 Å².